The molecule has 0 spiro atoms. The van der Waals surface area contributed by atoms with Gasteiger partial charge in [0.2, 0.25) is 0 Å². The number of aromatic nitrogens is 1. The van der Waals surface area contributed by atoms with Gasteiger partial charge in [-0.2, -0.15) is 0 Å². The van der Waals surface area contributed by atoms with Gasteiger partial charge in [0.25, 0.3) is 0 Å². The summed E-state index contributed by atoms with van der Waals surface area (Å²) in [5, 5.41) is 1.14. The van der Waals surface area contributed by atoms with Crippen molar-refractivity contribution in [3.8, 4) is 5.75 Å². The number of hydrogen-bond acceptors (Lipinski definition) is 3. The highest BCUT2D eigenvalue weighted by molar-refractivity contribution is 9.10. The van der Waals surface area contributed by atoms with Crippen molar-refractivity contribution in [1.29, 1.82) is 0 Å². The number of carbonyl (C=O) groups excluding carboxylic acids is 1. The van der Waals surface area contributed by atoms with Gasteiger partial charge in [-0.25, -0.2) is 0 Å². The molecule has 3 aromatic rings. The van der Waals surface area contributed by atoms with Crippen molar-refractivity contribution in [3.63, 3.8) is 0 Å². The molecule has 0 unspecified atom stereocenters. The van der Waals surface area contributed by atoms with E-state index in [9.17, 15) is 4.79 Å². The Morgan fingerprint density at radius 1 is 1.22 bits per heavy atom. The van der Waals surface area contributed by atoms with Gasteiger partial charge >= 0.3 is 5.97 Å². The molecule has 0 saturated carbocycles. The maximum atomic E-state index is 11.5. The fourth-order valence-electron chi connectivity index (χ4n) is 2.44. The highest BCUT2D eigenvalue weighted by Gasteiger charge is 2.10. The second-order valence-corrected chi connectivity index (χ2v) is 6.02. The van der Waals surface area contributed by atoms with Gasteiger partial charge in [0.05, 0.1) is 13.5 Å². The Morgan fingerprint density at radius 2 is 2.04 bits per heavy atom. The Bertz CT molecular complexity index is 841. The Kier molecular flexibility index (Phi) is 4.67. The first-order valence-corrected chi connectivity index (χ1v) is 7.99. The molecular weight excluding hydrogens is 358 g/mol. The minimum absolute atomic E-state index is 0.200. The molecule has 0 amide bonds. The largest absolute Gasteiger partial charge is 0.489 e. The minimum atomic E-state index is -0.281. The van der Waals surface area contributed by atoms with Crippen molar-refractivity contribution >= 4 is 32.8 Å². The van der Waals surface area contributed by atoms with E-state index in [4.69, 9.17) is 9.47 Å². The molecule has 1 heterocycles. The molecule has 5 heteroatoms. The lowest BCUT2D eigenvalue weighted by Gasteiger charge is -2.11. The molecule has 0 aliphatic heterocycles. The van der Waals surface area contributed by atoms with E-state index in [1.807, 2.05) is 42.6 Å². The fourth-order valence-corrected chi connectivity index (χ4v) is 3.08. The topological polar surface area (TPSA) is 51.3 Å². The summed E-state index contributed by atoms with van der Waals surface area (Å²) in [6.45, 7) is 0.422. The van der Waals surface area contributed by atoms with E-state index in [0.29, 0.717) is 12.4 Å². The van der Waals surface area contributed by atoms with Crippen molar-refractivity contribution in [2.24, 2.45) is 0 Å². The molecule has 118 valence electrons. The fraction of sp³-hybridized carbons (Fsp3) is 0.167. The van der Waals surface area contributed by atoms with E-state index in [1.165, 1.54) is 7.11 Å². The second-order valence-electron chi connectivity index (χ2n) is 5.17. The summed E-state index contributed by atoms with van der Waals surface area (Å²) in [6.07, 6.45) is 2.11. The van der Waals surface area contributed by atoms with Gasteiger partial charge in [-0.1, -0.05) is 34.1 Å². The zero-order chi connectivity index (χ0) is 16.2. The molecule has 2 aromatic carbocycles. The normalized spacial score (nSPS) is 10.7. The number of H-pyrrole nitrogens is 1. The number of nitrogens with one attached hydrogen (secondary N) is 1. The lowest BCUT2D eigenvalue weighted by molar-refractivity contribution is -0.139. The molecule has 1 N–H and O–H groups in total. The molecule has 0 radical (unpaired) electrons. The van der Waals surface area contributed by atoms with Crippen molar-refractivity contribution in [2.45, 2.75) is 13.0 Å². The summed E-state index contributed by atoms with van der Waals surface area (Å²) in [4.78, 5) is 14.7. The number of aromatic amines is 1. The molecule has 0 atom stereocenters. The molecule has 0 bridgehead atoms. The minimum Gasteiger partial charge on any atom is -0.489 e. The Balaban J connectivity index is 1.78. The molecular formula is C18H16BrNO3. The highest BCUT2D eigenvalue weighted by atomic mass is 79.9. The number of ether oxygens (including phenoxy) is 2. The summed E-state index contributed by atoms with van der Waals surface area (Å²) >= 11 is 3.57. The van der Waals surface area contributed by atoms with Gasteiger partial charge in [0.15, 0.2) is 0 Å². The number of fused-ring (bicyclic) bond motifs is 1. The van der Waals surface area contributed by atoms with E-state index in [1.54, 1.807) is 0 Å². The van der Waals surface area contributed by atoms with E-state index in [-0.39, 0.29) is 12.4 Å². The van der Waals surface area contributed by atoms with Crippen LogP contribution in [-0.4, -0.2) is 18.1 Å². The predicted molar refractivity (Wildman–Crippen MR) is 92.5 cm³/mol. The molecule has 4 nitrogen and oxygen atoms in total. The van der Waals surface area contributed by atoms with Crippen molar-refractivity contribution in [2.75, 3.05) is 7.11 Å². The van der Waals surface area contributed by atoms with Crippen LogP contribution in [0.4, 0.5) is 0 Å². The first kappa shape index (κ1) is 15.6. The summed E-state index contributed by atoms with van der Waals surface area (Å²) < 4.78 is 11.7. The third kappa shape index (κ3) is 3.56. The maximum absolute atomic E-state index is 11.5. The van der Waals surface area contributed by atoms with Gasteiger partial charge in [-0.3, -0.25) is 4.79 Å². The quantitative estimate of drug-likeness (QED) is 0.681. The zero-order valence-electron chi connectivity index (χ0n) is 12.6. The van der Waals surface area contributed by atoms with Crippen LogP contribution >= 0.6 is 15.9 Å². The van der Waals surface area contributed by atoms with Gasteiger partial charge < -0.3 is 14.5 Å². The molecule has 0 fully saturated rings. The van der Waals surface area contributed by atoms with Crippen molar-refractivity contribution in [1.82, 2.24) is 4.98 Å². The first-order valence-electron chi connectivity index (χ1n) is 7.20. The van der Waals surface area contributed by atoms with Crippen LogP contribution in [0.3, 0.4) is 0 Å². The number of hydrogen-bond donors (Lipinski definition) is 1. The second kappa shape index (κ2) is 6.87. The van der Waals surface area contributed by atoms with Crippen LogP contribution in [0.1, 0.15) is 11.1 Å². The summed E-state index contributed by atoms with van der Waals surface area (Å²) in [5.41, 5.74) is 2.92. The maximum Gasteiger partial charge on any atom is 0.310 e. The lowest BCUT2D eigenvalue weighted by Crippen LogP contribution is -2.06. The average Bonchev–Trinajstić information content (AvgIpc) is 3.03. The van der Waals surface area contributed by atoms with Crippen molar-refractivity contribution in [3.05, 3.63) is 64.3 Å². The number of carbonyl (C=O) groups is 1. The first-order chi connectivity index (χ1) is 11.2. The highest BCUT2D eigenvalue weighted by Crippen LogP contribution is 2.26. The standard InChI is InChI=1S/C18H16BrNO3/c1-22-18(21)10-13-4-2-3-5-17(13)23-11-12-8-15(19)14-6-7-20-16(14)9-12/h2-9,20H,10-11H2,1H3. The Morgan fingerprint density at radius 3 is 2.87 bits per heavy atom. The summed E-state index contributed by atoms with van der Waals surface area (Å²) in [5.74, 6) is 0.414. The van der Waals surface area contributed by atoms with Gasteiger partial charge in [-0.05, 0) is 29.8 Å². The van der Waals surface area contributed by atoms with Crippen LogP contribution in [0.15, 0.2) is 53.1 Å². The Labute approximate surface area is 142 Å². The molecule has 3 rings (SSSR count). The average molecular weight is 374 g/mol. The van der Waals surface area contributed by atoms with E-state index in [2.05, 4.69) is 27.0 Å². The third-order valence-corrected chi connectivity index (χ3v) is 4.26. The van der Waals surface area contributed by atoms with E-state index in [0.717, 1.165) is 26.5 Å². The van der Waals surface area contributed by atoms with Gasteiger partial charge in [0.1, 0.15) is 12.4 Å². The molecule has 0 aliphatic carbocycles. The number of halogens is 1. The number of rotatable bonds is 5. The van der Waals surface area contributed by atoms with Crippen LogP contribution in [0.25, 0.3) is 10.9 Å². The third-order valence-electron chi connectivity index (χ3n) is 3.61. The van der Waals surface area contributed by atoms with Crippen molar-refractivity contribution < 1.29 is 14.3 Å². The van der Waals surface area contributed by atoms with Gasteiger partial charge in [0, 0.05) is 27.1 Å². The Hall–Kier alpha value is -2.27. The monoisotopic (exact) mass is 373 g/mol. The molecule has 0 saturated heterocycles. The predicted octanol–water partition coefficient (Wildman–Crippen LogP) is 4.22. The number of methoxy groups -OCH3 is 1. The smallest absolute Gasteiger partial charge is 0.310 e. The lowest BCUT2D eigenvalue weighted by atomic mass is 10.1. The summed E-state index contributed by atoms with van der Waals surface area (Å²) in [6, 6.07) is 13.6. The van der Waals surface area contributed by atoms with E-state index < -0.39 is 0 Å². The number of para-hydroxylation sites is 1. The number of benzene rings is 2. The van der Waals surface area contributed by atoms with Crippen LogP contribution in [0.5, 0.6) is 5.75 Å². The molecule has 1 aromatic heterocycles. The zero-order valence-corrected chi connectivity index (χ0v) is 14.2. The van der Waals surface area contributed by atoms with Crippen LogP contribution in [0.2, 0.25) is 0 Å². The van der Waals surface area contributed by atoms with Crippen LogP contribution in [0, 0.1) is 0 Å². The van der Waals surface area contributed by atoms with E-state index >= 15 is 0 Å². The van der Waals surface area contributed by atoms with Gasteiger partial charge in [-0.15, -0.1) is 0 Å². The molecule has 23 heavy (non-hydrogen) atoms. The number of esters is 1. The van der Waals surface area contributed by atoms with Crippen LogP contribution in [-0.2, 0) is 22.6 Å². The SMILES string of the molecule is COC(=O)Cc1ccccc1OCc1cc(Br)c2cc[nH]c2c1. The summed E-state index contributed by atoms with van der Waals surface area (Å²) in [7, 11) is 1.38. The molecule has 0 aliphatic rings. The van der Waals surface area contributed by atoms with Crippen LogP contribution < -0.4 is 4.74 Å².